The second-order valence-corrected chi connectivity index (χ2v) is 5.10. The molecular weight excluding hydrogens is 224 g/mol. The summed E-state index contributed by atoms with van der Waals surface area (Å²) < 4.78 is 5.58. The molecule has 1 fully saturated rings. The standard InChI is InChI=1S/C16H22O2/c1-2-11-18-16-9-7-13(8-10-16)14-5-3-4-6-15(17)12-14/h7-10,14H,2-6,11-12H2,1H3. The first-order valence-electron chi connectivity index (χ1n) is 7.04. The van der Waals surface area contributed by atoms with E-state index in [1.807, 2.05) is 12.1 Å². The van der Waals surface area contributed by atoms with Gasteiger partial charge in [-0.1, -0.05) is 25.5 Å². The van der Waals surface area contributed by atoms with Gasteiger partial charge in [0, 0.05) is 12.8 Å². The van der Waals surface area contributed by atoms with Crippen LogP contribution >= 0.6 is 0 Å². The molecule has 0 amide bonds. The molecule has 1 saturated carbocycles. The van der Waals surface area contributed by atoms with E-state index in [1.54, 1.807) is 0 Å². The van der Waals surface area contributed by atoms with E-state index in [0.717, 1.165) is 44.5 Å². The van der Waals surface area contributed by atoms with Gasteiger partial charge >= 0.3 is 0 Å². The molecule has 0 radical (unpaired) electrons. The molecule has 1 aromatic rings. The highest BCUT2D eigenvalue weighted by Gasteiger charge is 2.19. The molecule has 0 bridgehead atoms. The van der Waals surface area contributed by atoms with Gasteiger partial charge in [-0.15, -0.1) is 0 Å². The zero-order valence-corrected chi connectivity index (χ0v) is 11.2. The number of hydrogen-bond donors (Lipinski definition) is 0. The SMILES string of the molecule is CCCOc1ccc(C2CCCCC(=O)C2)cc1. The van der Waals surface area contributed by atoms with Crippen LogP contribution in [-0.2, 0) is 4.79 Å². The van der Waals surface area contributed by atoms with Crippen molar-refractivity contribution in [3.8, 4) is 5.75 Å². The highest BCUT2D eigenvalue weighted by atomic mass is 16.5. The number of ketones is 1. The van der Waals surface area contributed by atoms with Crippen LogP contribution in [0.15, 0.2) is 24.3 Å². The molecule has 1 aliphatic carbocycles. The molecule has 1 aromatic carbocycles. The van der Waals surface area contributed by atoms with Gasteiger partial charge in [-0.2, -0.15) is 0 Å². The molecule has 0 saturated heterocycles. The third-order valence-corrected chi connectivity index (χ3v) is 3.56. The number of Topliss-reactive ketones (excluding diaryl/α,β-unsaturated/α-hetero) is 1. The third-order valence-electron chi connectivity index (χ3n) is 3.56. The highest BCUT2D eigenvalue weighted by Crippen LogP contribution is 2.30. The predicted molar refractivity (Wildman–Crippen MR) is 73.1 cm³/mol. The van der Waals surface area contributed by atoms with Gasteiger partial charge in [0.15, 0.2) is 0 Å². The number of ether oxygens (including phenoxy) is 1. The fourth-order valence-corrected chi connectivity index (χ4v) is 2.53. The summed E-state index contributed by atoms with van der Waals surface area (Å²) in [6, 6.07) is 8.29. The quantitative estimate of drug-likeness (QED) is 0.748. The number of benzene rings is 1. The van der Waals surface area contributed by atoms with Gasteiger partial charge in [0.2, 0.25) is 0 Å². The molecule has 0 spiro atoms. The van der Waals surface area contributed by atoms with Crippen molar-refractivity contribution in [3.63, 3.8) is 0 Å². The summed E-state index contributed by atoms with van der Waals surface area (Å²) >= 11 is 0. The van der Waals surface area contributed by atoms with Crippen LogP contribution in [-0.4, -0.2) is 12.4 Å². The van der Waals surface area contributed by atoms with Gasteiger partial charge in [0.05, 0.1) is 6.61 Å². The van der Waals surface area contributed by atoms with Gasteiger partial charge in [-0.3, -0.25) is 4.79 Å². The minimum absolute atomic E-state index is 0.417. The Labute approximate surface area is 109 Å². The number of hydrogen-bond acceptors (Lipinski definition) is 2. The monoisotopic (exact) mass is 246 g/mol. The van der Waals surface area contributed by atoms with E-state index in [0.29, 0.717) is 11.7 Å². The van der Waals surface area contributed by atoms with Crippen LogP contribution in [0, 0.1) is 0 Å². The first-order chi connectivity index (χ1) is 8.79. The van der Waals surface area contributed by atoms with Crippen LogP contribution in [0.3, 0.4) is 0 Å². The van der Waals surface area contributed by atoms with Crippen LogP contribution in [0.4, 0.5) is 0 Å². The van der Waals surface area contributed by atoms with Gasteiger partial charge < -0.3 is 4.74 Å². The number of carbonyl (C=O) groups is 1. The van der Waals surface area contributed by atoms with Crippen LogP contribution in [0.5, 0.6) is 5.75 Å². The smallest absolute Gasteiger partial charge is 0.133 e. The lowest BCUT2D eigenvalue weighted by molar-refractivity contribution is -0.119. The summed E-state index contributed by atoms with van der Waals surface area (Å²) in [6.45, 7) is 2.87. The van der Waals surface area contributed by atoms with Crippen molar-refractivity contribution in [1.82, 2.24) is 0 Å². The fourth-order valence-electron chi connectivity index (χ4n) is 2.53. The lowest BCUT2D eigenvalue weighted by Crippen LogP contribution is -2.03. The molecule has 0 N–H and O–H groups in total. The van der Waals surface area contributed by atoms with Crippen molar-refractivity contribution < 1.29 is 9.53 Å². The van der Waals surface area contributed by atoms with Crippen LogP contribution < -0.4 is 4.74 Å². The predicted octanol–water partition coefficient (Wildman–Crippen LogP) is 4.09. The van der Waals surface area contributed by atoms with E-state index in [-0.39, 0.29) is 0 Å². The molecule has 1 atom stereocenters. The zero-order chi connectivity index (χ0) is 12.8. The third kappa shape index (κ3) is 3.59. The van der Waals surface area contributed by atoms with E-state index >= 15 is 0 Å². The molecule has 0 aromatic heterocycles. The second kappa shape index (κ2) is 6.58. The summed E-state index contributed by atoms with van der Waals surface area (Å²) in [4.78, 5) is 11.7. The lowest BCUT2D eigenvalue weighted by Gasteiger charge is -2.14. The summed E-state index contributed by atoms with van der Waals surface area (Å²) in [6.07, 6.45) is 5.89. The topological polar surface area (TPSA) is 26.3 Å². The molecule has 98 valence electrons. The van der Waals surface area contributed by atoms with Crippen molar-refractivity contribution in [2.45, 2.75) is 51.4 Å². The van der Waals surface area contributed by atoms with Gasteiger partial charge in [0.1, 0.15) is 11.5 Å². The lowest BCUT2D eigenvalue weighted by atomic mass is 9.91. The number of rotatable bonds is 4. The maximum Gasteiger partial charge on any atom is 0.133 e. The molecule has 1 aliphatic rings. The Morgan fingerprint density at radius 1 is 1.22 bits per heavy atom. The first-order valence-corrected chi connectivity index (χ1v) is 7.04. The molecule has 18 heavy (non-hydrogen) atoms. The van der Waals surface area contributed by atoms with Crippen molar-refractivity contribution >= 4 is 5.78 Å². The normalized spacial score (nSPS) is 20.5. The Balaban J connectivity index is 2.01. The Morgan fingerprint density at radius 2 is 2.00 bits per heavy atom. The van der Waals surface area contributed by atoms with E-state index in [1.165, 1.54) is 12.0 Å². The summed E-state index contributed by atoms with van der Waals surface area (Å²) in [5.74, 6) is 1.77. The molecule has 0 aliphatic heterocycles. The number of carbonyl (C=O) groups excluding carboxylic acids is 1. The van der Waals surface area contributed by atoms with Crippen LogP contribution in [0.1, 0.15) is 56.9 Å². The summed E-state index contributed by atoms with van der Waals surface area (Å²) in [5.41, 5.74) is 1.29. The van der Waals surface area contributed by atoms with E-state index in [4.69, 9.17) is 4.74 Å². The maximum atomic E-state index is 11.7. The van der Waals surface area contributed by atoms with Gasteiger partial charge in [-0.05, 0) is 42.9 Å². The van der Waals surface area contributed by atoms with E-state index in [2.05, 4.69) is 19.1 Å². The average Bonchev–Trinajstić information content (AvgIpc) is 2.62. The van der Waals surface area contributed by atoms with Gasteiger partial charge in [-0.25, -0.2) is 0 Å². The summed E-state index contributed by atoms with van der Waals surface area (Å²) in [7, 11) is 0. The molecule has 2 rings (SSSR count). The highest BCUT2D eigenvalue weighted by molar-refractivity contribution is 5.79. The Hall–Kier alpha value is -1.31. The molecule has 1 unspecified atom stereocenters. The van der Waals surface area contributed by atoms with Crippen molar-refractivity contribution in [3.05, 3.63) is 29.8 Å². The fraction of sp³-hybridized carbons (Fsp3) is 0.562. The van der Waals surface area contributed by atoms with Crippen molar-refractivity contribution in [1.29, 1.82) is 0 Å². The Morgan fingerprint density at radius 3 is 2.72 bits per heavy atom. The zero-order valence-electron chi connectivity index (χ0n) is 11.2. The molecule has 0 heterocycles. The molecule has 2 nitrogen and oxygen atoms in total. The van der Waals surface area contributed by atoms with Gasteiger partial charge in [0.25, 0.3) is 0 Å². The average molecular weight is 246 g/mol. The minimum Gasteiger partial charge on any atom is -0.494 e. The first kappa shape index (κ1) is 13.1. The second-order valence-electron chi connectivity index (χ2n) is 5.10. The van der Waals surface area contributed by atoms with Crippen molar-refractivity contribution in [2.75, 3.05) is 6.61 Å². The van der Waals surface area contributed by atoms with E-state index < -0.39 is 0 Å². The maximum absolute atomic E-state index is 11.7. The Kier molecular flexibility index (Phi) is 4.80. The largest absolute Gasteiger partial charge is 0.494 e. The Bertz CT molecular complexity index is 381. The van der Waals surface area contributed by atoms with Crippen LogP contribution in [0.25, 0.3) is 0 Å². The minimum atomic E-state index is 0.417. The molecule has 2 heteroatoms. The van der Waals surface area contributed by atoms with Crippen LogP contribution in [0.2, 0.25) is 0 Å². The van der Waals surface area contributed by atoms with Crippen molar-refractivity contribution in [2.24, 2.45) is 0 Å². The van der Waals surface area contributed by atoms with E-state index in [9.17, 15) is 4.79 Å². The summed E-state index contributed by atoms with van der Waals surface area (Å²) in [5, 5.41) is 0. The molecular formula is C16H22O2.